The van der Waals surface area contributed by atoms with Crippen molar-refractivity contribution < 1.29 is 34.2 Å². The molecule has 12 heteroatoms. The lowest BCUT2D eigenvalue weighted by Crippen LogP contribution is -2.60. The topological polar surface area (TPSA) is 214 Å². The van der Waals surface area contributed by atoms with Gasteiger partial charge in [0.15, 0.2) is 0 Å². The van der Waals surface area contributed by atoms with Crippen LogP contribution in [-0.4, -0.2) is 70.1 Å². The first-order valence-corrected chi connectivity index (χ1v) is 10.5. The van der Waals surface area contributed by atoms with Gasteiger partial charge in [-0.15, -0.1) is 0 Å². The molecule has 0 heterocycles. The molecule has 184 valence electrons. The average molecular weight is 460 g/mol. The Bertz CT molecular complexity index is 681. The minimum Gasteiger partial charge on any atom is -0.480 e. The molecule has 0 aliphatic carbocycles. The molecule has 0 radical (unpaired) electrons. The number of carboxylic acid groups (broad SMARTS) is 1. The average Bonchev–Trinajstić information content (AvgIpc) is 2.65. The van der Waals surface area contributed by atoms with E-state index in [0.717, 1.165) is 0 Å². The molecule has 32 heavy (non-hydrogen) atoms. The molecule has 0 aliphatic heterocycles. The van der Waals surface area contributed by atoms with Crippen molar-refractivity contribution >= 4 is 29.6 Å². The van der Waals surface area contributed by atoms with Gasteiger partial charge in [-0.1, -0.05) is 27.7 Å². The van der Waals surface area contributed by atoms with E-state index in [1.54, 1.807) is 13.8 Å². The Labute approximate surface area is 187 Å². The van der Waals surface area contributed by atoms with Crippen LogP contribution in [0.3, 0.4) is 0 Å². The fourth-order valence-corrected chi connectivity index (χ4v) is 2.83. The summed E-state index contributed by atoms with van der Waals surface area (Å²) in [5.41, 5.74) is 10.8. The largest absolute Gasteiger partial charge is 0.480 e. The van der Waals surface area contributed by atoms with Gasteiger partial charge in [-0.25, -0.2) is 4.79 Å². The SMILES string of the molecule is CC(C)CC(NC(=O)C(N)CCC(N)=O)C(=O)NC(C(=O)NC(C(=O)O)C(C)C)C(C)O. The molecular weight excluding hydrogens is 422 g/mol. The van der Waals surface area contributed by atoms with Crippen molar-refractivity contribution in [2.24, 2.45) is 23.3 Å². The molecule has 0 fully saturated rings. The molecule has 0 spiro atoms. The van der Waals surface area contributed by atoms with Gasteiger partial charge in [0.2, 0.25) is 23.6 Å². The molecule has 12 nitrogen and oxygen atoms in total. The summed E-state index contributed by atoms with van der Waals surface area (Å²) in [5, 5.41) is 26.4. The zero-order valence-corrected chi connectivity index (χ0v) is 19.3. The Morgan fingerprint density at radius 3 is 1.78 bits per heavy atom. The van der Waals surface area contributed by atoms with Crippen LogP contribution in [0.4, 0.5) is 0 Å². The summed E-state index contributed by atoms with van der Waals surface area (Å²) in [6, 6.07) is -4.80. The lowest BCUT2D eigenvalue weighted by molar-refractivity contribution is -0.144. The van der Waals surface area contributed by atoms with Crippen molar-refractivity contribution in [1.82, 2.24) is 16.0 Å². The molecule has 0 aromatic heterocycles. The second-order valence-electron chi connectivity index (χ2n) is 8.60. The van der Waals surface area contributed by atoms with Gasteiger partial charge in [0.05, 0.1) is 12.1 Å². The summed E-state index contributed by atoms with van der Waals surface area (Å²) >= 11 is 0. The van der Waals surface area contributed by atoms with E-state index < -0.39 is 65.8 Å². The van der Waals surface area contributed by atoms with Crippen LogP contribution in [0.1, 0.15) is 53.9 Å². The van der Waals surface area contributed by atoms with Crippen molar-refractivity contribution in [1.29, 1.82) is 0 Å². The van der Waals surface area contributed by atoms with Crippen LogP contribution in [-0.2, 0) is 24.0 Å². The molecule has 5 unspecified atom stereocenters. The molecule has 0 saturated heterocycles. The highest BCUT2D eigenvalue weighted by Gasteiger charge is 2.33. The Kier molecular flexibility index (Phi) is 12.5. The highest BCUT2D eigenvalue weighted by molar-refractivity contribution is 5.94. The number of aliphatic carboxylic acids is 1. The van der Waals surface area contributed by atoms with Crippen LogP contribution in [0.25, 0.3) is 0 Å². The maximum absolute atomic E-state index is 12.8. The molecule has 9 N–H and O–H groups in total. The van der Waals surface area contributed by atoms with Crippen LogP contribution in [0, 0.1) is 11.8 Å². The zero-order chi connectivity index (χ0) is 25.2. The van der Waals surface area contributed by atoms with Gasteiger partial charge in [-0.3, -0.25) is 19.2 Å². The van der Waals surface area contributed by atoms with E-state index in [-0.39, 0.29) is 25.2 Å². The molecule has 5 atom stereocenters. The van der Waals surface area contributed by atoms with Crippen molar-refractivity contribution in [2.75, 3.05) is 0 Å². The van der Waals surface area contributed by atoms with Crippen LogP contribution >= 0.6 is 0 Å². The number of hydrogen-bond acceptors (Lipinski definition) is 7. The third kappa shape index (κ3) is 10.5. The summed E-state index contributed by atoms with van der Waals surface area (Å²) in [5.74, 6) is -4.61. The second-order valence-corrected chi connectivity index (χ2v) is 8.60. The normalized spacial score (nSPS) is 15.9. The molecule has 0 rings (SSSR count). The number of carboxylic acids is 1. The van der Waals surface area contributed by atoms with Gasteiger partial charge in [0.25, 0.3) is 0 Å². The number of aliphatic hydroxyl groups excluding tert-OH is 1. The molecule has 0 saturated carbocycles. The Morgan fingerprint density at radius 1 is 0.844 bits per heavy atom. The van der Waals surface area contributed by atoms with Gasteiger partial charge in [-0.05, 0) is 31.6 Å². The van der Waals surface area contributed by atoms with Crippen LogP contribution in [0.2, 0.25) is 0 Å². The number of hydrogen-bond donors (Lipinski definition) is 7. The van der Waals surface area contributed by atoms with Crippen molar-refractivity contribution in [3.05, 3.63) is 0 Å². The van der Waals surface area contributed by atoms with Gasteiger partial charge in [0.1, 0.15) is 18.1 Å². The fraction of sp³-hybridized carbons (Fsp3) is 0.750. The van der Waals surface area contributed by atoms with Crippen molar-refractivity contribution in [3.8, 4) is 0 Å². The van der Waals surface area contributed by atoms with E-state index in [9.17, 15) is 34.2 Å². The third-order valence-corrected chi connectivity index (χ3v) is 4.67. The molecule has 0 aromatic rings. The highest BCUT2D eigenvalue weighted by atomic mass is 16.4. The van der Waals surface area contributed by atoms with Crippen molar-refractivity contribution in [3.63, 3.8) is 0 Å². The number of aliphatic hydroxyl groups is 1. The Morgan fingerprint density at radius 2 is 1.38 bits per heavy atom. The van der Waals surface area contributed by atoms with Gasteiger partial charge < -0.3 is 37.6 Å². The van der Waals surface area contributed by atoms with E-state index in [1.807, 2.05) is 13.8 Å². The van der Waals surface area contributed by atoms with Crippen LogP contribution in [0.5, 0.6) is 0 Å². The Hall–Kier alpha value is -2.73. The molecule has 0 aliphatic rings. The molecule has 4 amide bonds. The summed E-state index contributed by atoms with van der Waals surface area (Å²) in [7, 11) is 0. The zero-order valence-electron chi connectivity index (χ0n) is 19.3. The number of carbonyl (C=O) groups is 5. The van der Waals surface area contributed by atoms with E-state index >= 15 is 0 Å². The number of carbonyl (C=O) groups excluding carboxylic acids is 4. The summed E-state index contributed by atoms with van der Waals surface area (Å²) in [6.07, 6.45) is -1.23. The molecular formula is C20H37N5O7. The van der Waals surface area contributed by atoms with Crippen LogP contribution in [0.15, 0.2) is 0 Å². The van der Waals surface area contributed by atoms with E-state index in [0.29, 0.717) is 0 Å². The smallest absolute Gasteiger partial charge is 0.326 e. The Balaban J connectivity index is 5.39. The van der Waals surface area contributed by atoms with E-state index in [2.05, 4.69) is 16.0 Å². The fourth-order valence-electron chi connectivity index (χ4n) is 2.83. The monoisotopic (exact) mass is 459 g/mol. The number of primary amides is 1. The number of nitrogens with two attached hydrogens (primary N) is 2. The predicted octanol–water partition coefficient (Wildman–Crippen LogP) is -1.80. The lowest BCUT2D eigenvalue weighted by Gasteiger charge is -2.27. The minimum absolute atomic E-state index is 0.00166. The first-order chi connectivity index (χ1) is 14.7. The standard InChI is InChI=1S/C20H37N5O7/c1-9(2)8-13(23-17(28)12(21)6-7-14(22)27)18(29)25-16(11(5)26)19(30)24-15(10(3)4)20(31)32/h9-13,15-16,26H,6-8,21H2,1-5H3,(H2,22,27)(H,23,28)(H,24,30)(H,25,29)(H,31,32). The van der Waals surface area contributed by atoms with Gasteiger partial charge >= 0.3 is 5.97 Å². The molecule has 0 bridgehead atoms. The number of rotatable bonds is 14. The molecule has 0 aromatic carbocycles. The lowest BCUT2D eigenvalue weighted by atomic mass is 10.0. The first-order valence-electron chi connectivity index (χ1n) is 10.5. The first kappa shape index (κ1) is 29.3. The number of amides is 4. The number of nitrogens with one attached hydrogen (secondary N) is 3. The van der Waals surface area contributed by atoms with E-state index in [1.165, 1.54) is 6.92 Å². The summed E-state index contributed by atoms with van der Waals surface area (Å²) in [6.45, 7) is 8.11. The maximum atomic E-state index is 12.8. The predicted molar refractivity (Wildman–Crippen MR) is 116 cm³/mol. The van der Waals surface area contributed by atoms with Crippen LogP contribution < -0.4 is 27.4 Å². The highest BCUT2D eigenvalue weighted by Crippen LogP contribution is 2.08. The third-order valence-electron chi connectivity index (χ3n) is 4.67. The van der Waals surface area contributed by atoms with Crippen molar-refractivity contribution in [2.45, 2.75) is 84.2 Å². The summed E-state index contributed by atoms with van der Waals surface area (Å²) in [4.78, 5) is 60.0. The van der Waals surface area contributed by atoms with Gasteiger partial charge in [-0.2, -0.15) is 0 Å². The summed E-state index contributed by atoms with van der Waals surface area (Å²) < 4.78 is 0. The second kappa shape index (κ2) is 13.6. The quantitative estimate of drug-likeness (QED) is 0.157. The maximum Gasteiger partial charge on any atom is 0.326 e. The van der Waals surface area contributed by atoms with Gasteiger partial charge in [0, 0.05) is 6.42 Å². The van der Waals surface area contributed by atoms with E-state index in [4.69, 9.17) is 11.5 Å². The minimum atomic E-state index is -1.45.